The van der Waals surface area contributed by atoms with E-state index in [0.29, 0.717) is 6.04 Å². The topological polar surface area (TPSA) is 17.4 Å². The standard InChI is InChI=1S/C18H26N2O/c1-15(2)20-14-16(17-7-3-4-8-18(17)20)6-5-9-19-10-12-21-13-11-19/h3-4,7-8,14-15H,5-6,9-13H2,1-2H3. The van der Waals surface area contributed by atoms with Crippen molar-refractivity contribution in [1.29, 1.82) is 0 Å². The molecule has 3 rings (SSSR count). The zero-order valence-corrected chi connectivity index (χ0v) is 13.2. The maximum absolute atomic E-state index is 5.41. The fourth-order valence-corrected chi connectivity index (χ4v) is 3.22. The number of para-hydroxylation sites is 1. The quantitative estimate of drug-likeness (QED) is 0.837. The van der Waals surface area contributed by atoms with E-state index in [1.165, 1.54) is 29.4 Å². The first-order chi connectivity index (χ1) is 10.3. The molecule has 0 saturated carbocycles. The first-order valence-electron chi connectivity index (χ1n) is 8.14. The summed E-state index contributed by atoms with van der Waals surface area (Å²) in [6.45, 7) is 9.67. The van der Waals surface area contributed by atoms with Crippen LogP contribution >= 0.6 is 0 Å². The van der Waals surface area contributed by atoms with Crippen molar-refractivity contribution < 1.29 is 4.74 Å². The monoisotopic (exact) mass is 286 g/mol. The van der Waals surface area contributed by atoms with Crippen LogP contribution < -0.4 is 0 Å². The van der Waals surface area contributed by atoms with Gasteiger partial charge in [0.15, 0.2) is 0 Å². The van der Waals surface area contributed by atoms with Crippen LogP contribution in [0.4, 0.5) is 0 Å². The first-order valence-corrected chi connectivity index (χ1v) is 8.14. The Kier molecular flexibility index (Phi) is 4.61. The summed E-state index contributed by atoms with van der Waals surface area (Å²) in [5, 5.41) is 1.42. The minimum absolute atomic E-state index is 0.517. The van der Waals surface area contributed by atoms with Crippen LogP contribution in [0, 0.1) is 0 Å². The Labute approximate surface area is 127 Å². The van der Waals surface area contributed by atoms with E-state index in [0.717, 1.165) is 32.7 Å². The molecular weight excluding hydrogens is 260 g/mol. The van der Waals surface area contributed by atoms with Crippen molar-refractivity contribution in [2.75, 3.05) is 32.8 Å². The van der Waals surface area contributed by atoms with Crippen LogP contribution in [-0.4, -0.2) is 42.3 Å². The second-order valence-electron chi connectivity index (χ2n) is 6.23. The highest BCUT2D eigenvalue weighted by atomic mass is 16.5. The Morgan fingerprint density at radius 3 is 2.67 bits per heavy atom. The number of nitrogens with zero attached hydrogens (tertiary/aromatic N) is 2. The summed E-state index contributed by atoms with van der Waals surface area (Å²) in [4.78, 5) is 2.52. The average Bonchev–Trinajstić information content (AvgIpc) is 2.88. The Balaban J connectivity index is 1.68. The normalized spacial score (nSPS) is 16.9. The van der Waals surface area contributed by atoms with E-state index >= 15 is 0 Å². The van der Waals surface area contributed by atoms with Gasteiger partial charge < -0.3 is 9.30 Å². The van der Waals surface area contributed by atoms with Gasteiger partial charge in [-0.3, -0.25) is 4.90 Å². The molecule has 2 aromatic rings. The van der Waals surface area contributed by atoms with Crippen LogP contribution in [0.25, 0.3) is 10.9 Å². The summed E-state index contributed by atoms with van der Waals surface area (Å²) in [5.41, 5.74) is 2.86. The van der Waals surface area contributed by atoms with Gasteiger partial charge in [0.2, 0.25) is 0 Å². The summed E-state index contributed by atoms with van der Waals surface area (Å²) < 4.78 is 7.81. The first kappa shape index (κ1) is 14.6. The molecule has 1 saturated heterocycles. The summed E-state index contributed by atoms with van der Waals surface area (Å²) in [5.74, 6) is 0. The maximum atomic E-state index is 5.41. The summed E-state index contributed by atoms with van der Waals surface area (Å²) in [6.07, 6.45) is 4.75. The fourth-order valence-electron chi connectivity index (χ4n) is 3.22. The van der Waals surface area contributed by atoms with E-state index in [9.17, 15) is 0 Å². The minimum Gasteiger partial charge on any atom is -0.379 e. The molecule has 1 fully saturated rings. The van der Waals surface area contributed by atoms with Crippen molar-refractivity contribution in [3.05, 3.63) is 36.0 Å². The number of fused-ring (bicyclic) bond motifs is 1. The lowest BCUT2D eigenvalue weighted by molar-refractivity contribution is 0.0375. The van der Waals surface area contributed by atoms with Crippen LogP contribution in [0.5, 0.6) is 0 Å². The second kappa shape index (κ2) is 6.63. The van der Waals surface area contributed by atoms with Gasteiger partial charge in [0.1, 0.15) is 0 Å². The number of rotatable bonds is 5. The van der Waals surface area contributed by atoms with E-state index in [1.807, 2.05) is 0 Å². The van der Waals surface area contributed by atoms with E-state index in [2.05, 4.69) is 53.8 Å². The van der Waals surface area contributed by atoms with Gasteiger partial charge in [0.25, 0.3) is 0 Å². The molecule has 0 aliphatic carbocycles. The predicted octanol–water partition coefficient (Wildman–Crippen LogP) is 3.49. The number of aryl methyl sites for hydroxylation is 1. The van der Waals surface area contributed by atoms with Gasteiger partial charge in [-0.15, -0.1) is 0 Å². The zero-order chi connectivity index (χ0) is 14.7. The highest BCUT2D eigenvalue weighted by molar-refractivity contribution is 5.84. The molecule has 0 unspecified atom stereocenters. The third kappa shape index (κ3) is 3.30. The van der Waals surface area contributed by atoms with Gasteiger partial charge in [-0.2, -0.15) is 0 Å². The molecule has 1 aromatic carbocycles. The van der Waals surface area contributed by atoms with Crippen molar-refractivity contribution in [2.24, 2.45) is 0 Å². The van der Waals surface area contributed by atoms with Gasteiger partial charge in [-0.1, -0.05) is 18.2 Å². The number of hydrogen-bond donors (Lipinski definition) is 0. The van der Waals surface area contributed by atoms with Crippen molar-refractivity contribution in [2.45, 2.75) is 32.7 Å². The molecule has 1 aliphatic rings. The van der Waals surface area contributed by atoms with Crippen LogP contribution in [0.2, 0.25) is 0 Å². The minimum atomic E-state index is 0.517. The summed E-state index contributed by atoms with van der Waals surface area (Å²) in [7, 11) is 0. The highest BCUT2D eigenvalue weighted by Gasteiger charge is 2.12. The molecule has 2 heterocycles. The molecule has 0 atom stereocenters. The number of benzene rings is 1. The molecule has 1 aliphatic heterocycles. The van der Waals surface area contributed by atoms with Gasteiger partial charge in [-0.25, -0.2) is 0 Å². The summed E-state index contributed by atoms with van der Waals surface area (Å²) >= 11 is 0. The molecule has 21 heavy (non-hydrogen) atoms. The molecular formula is C18H26N2O. The predicted molar refractivity (Wildman–Crippen MR) is 87.9 cm³/mol. The molecule has 0 bridgehead atoms. The third-order valence-electron chi connectivity index (χ3n) is 4.40. The third-order valence-corrected chi connectivity index (χ3v) is 4.40. The second-order valence-corrected chi connectivity index (χ2v) is 6.23. The number of morpholine rings is 1. The van der Waals surface area contributed by atoms with E-state index in [-0.39, 0.29) is 0 Å². The lowest BCUT2D eigenvalue weighted by Gasteiger charge is -2.26. The lowest BCUT2D eigenvalue weighted by Crippen LogP contribution is -2.36. The maximum Gasteiger partial charge on any atom is 0.0594 e. The smallest absolute Gasteiger partial charge is 0.0594 e. The number of hydrogen-bond acceptors (Lipinski definition) is 2. The van der Waals surface area contributed by atoms with Crippen LogP contribution in [0.3, 0.4) is 0 Å². The molecule has 0 amide bonds. The van der Waals surface area contributed by atoms with Crippen LogP contribution in [0.1, 0.15) is 31.9 Å². The average molecular weight is 286 g/mol. The molecule has 3 heteroatoms. The number of aromatic nitrogens is 1. The van der Waals surface area contributed by atoms with Crippen molar-refractivity contribution >= 4 is 10.9 Å². The molecule has 0 spiro atoms. The van der Waals surface area contributed by atoms with Crippen LogP contribution in [0.15, 0.2) is 30.5 Å². The van der Waals surface area contributed by atoms with E-state index < -0.39 is 0 Å². The van der Waals surface area contributed by atoms with Crippen molar-refractivity contribution in [3.8, 4) is 0 Å². The van der Waals surface area contributed by atoms with Gasteiger partial charge >= 0.3 is 0 Å². The Hall–Kier alpha value is -1.32. The largest absolute Gasteiger partial charge is 0.379 e. The zero-order valence-electron chi connectivity index (χ0n) is 13.2. The SMILES string of the molecule is CC(C)n1cc(CCCN2CCOCC2)c2ccccc21. The van der Waals surface area contributed by atoms with Gasteiger partial charge in [0.05, 0.1) is 13.2 Å². The highest BCUT2D eigenvalue weighted by Crippen LogP contribution is 2.25. The molecule has 3 nitrogen and oxygen atoms in total. The van der Waals surface area contributed by atoms with Gasteiger partial charge in [0, 0.05) is 36.2 Å². The lowest BCUT2D eigenvalue weighted by atomic mass is 10.1. The molecule has 1 aromatic heterocycles. The summed E-state index contributed by atoms with van der Waals surface area (Å²) in [6, 6.07) is 9.30. The Bertz CT molecular complexity index is 582. The Morgan fingerprint density at radius 1 is 1.14 bits per heavy atom. The number of ether oxygens (including phenoxy) is 1. The Morgan fingerprint density at radius 2 is 1.90 bits per heavy atom. The van der Waals surface area contributed by atoms with Gasteiger partial charge in [-0.05, 0) is 44.9 Å². The van der Waals surface area contributed by atoms with Crippen molar-refractivity contribution in [1.82, 2.24) is 9.47 Å². The molecule has 0 radical (unpaired) electrons. The van der Waals surface area contributed by atoms with Crippen LogP contribution in [-0.2, 0) is 11.2 Å². The van der Waals surface area contributed by atoms with E-state index in [4.69, 9.17) is 4.74 Å². The molecule has 0 N–H and O–H groups in total. The fraction of sp³-hybridized carbons (Fsp3) is 0.556. The van der Waals surface area contributed by atoms with E-state index in [1.54, 1.807) is 0 Å². The van der Waals surface area contributed by atoms with Crippen molar-refractivity contribution in [3.63, 3.8) is 0 Å². The molecule has 114 valence electrons.